The Kier molecular flexibility index (Phi) is 4.73. The molecule has 0 bridgehead atoms. The number of anilines is 1. The van der Waals surface area contributed by atoms with Crippen LogP contribution in [-0.4, -0.2) is 13.0 Å². The van der Waals surface area contributed by atoms with Gasteiger partial charge >= 0.3 is 0 Å². The second-order valence-corrected chi connectivity index (χ2v) is 8.02. The van der Waals surface area contributed by atoms with Gasteiger partial charge in [-0.15, -0.1) is 0 Å². The monoisotopic (exact) mass is 451 g/mol. The van der Waals surface area contributed by atoms with Crippen LogP contribution in [0.1, 0.15) is 27.7 Å². The van der Waals surface area contributed by atoms with Crippen LogP contribution in [0.3, 0.4) is 0 Å². The lowest BCUT2D eigenvalue weighted by Crippen LogP contribution is -2.29. The third-order valence-corrected chi connectivity index (χ3v) is 5.80. The van der Waals surface area contributed by atoms with E-state index < -0.39 is 11.9 Å². The summed E-state index contributed by atoms with van der Waals surface area (Å²) in [5.74, 6) is 0.198. The Balaban J connectivity index is 1.83. The molecule has 2 heterocycles. The number of carbonyl (C=O) groups is 1. The van der Waals surface area contributed by atoms with Crippen molar-refractivity contribution < 1.29 is 13.9 Å². The van der Waals surface area contributed by atoms with Crippen molar-refractivity contribution in [2.75, 3.05) is 12.0 Å². The Morgan fingerprint density at radius 2 is 1.71 bits per heavy atom. The van der Waals surface area contributed by atoms with E-state index in [1.54, 1.807) is 61.7 Å². The molecule has 0 fully saturated rings. The molecule has 1 amide bonds. The van der Waals surface area contributed by atoms with E-state index in [2.05, 4.69) is 0 Å². The molecule has 5 rings (SSSR count). The average molecular weight is 452 g/mol. The minimum Gasteiger partial charge on any atom is -0.497 e. The smallest absolute Gasteiger partial charge is 0.295 e. The zero-order valence-electron chi connectivity index (χ0n) is 16.3. The van der Waals surface area contributed by atoms with Crippen LogP contribution in [0, 0.1) is 0 Å². The molecule has 5 nitrogen and oxygen atoms in total. The fraction of sp³-hybridized carbons (Fsp3) is 0.0833. The highest BCUT2D eigenvalue weighted by molar-refractivity contribution is 6.31. The zero-order chi connectivity index (χ0) is 21.7. The van der Waals surface area contributed by atoms with Gasteiger partial charge in [0.25, 0.3) is 5.91 Å². The van der Waals surface area contributed by atoms with E-state index in [4.69, 9.17) is 32.4 Å². The molecule has 0 spiro atoms. The van der Waals surface area contributed by atoms with Crippen molar-refractivity contribution in [3.8, 4) is 5.75 Å². The third kappa shape index (κ3) is 3.17. The number of hydrogen-bond donors (Lipinski definition) is 0. The largest absolute Gasteiger partial charge is 0.497 e. The number of hydrogen-bond acceptors (Lipinski definition) is 4. The van der Waals surface area contributed by atoms with Gasteiger partial charge in [-0.25, -0.2) is 0 Å². The van der Waals surface area contributed by atoms with Gasteiger partial charge in [0.1, 0.15) is 11.3 Å². The molecule has 1 unspecified atom stereocenters. The highest BCUT2D eigenvalue weighted by Gasteiger charge is 2.43. The number of halogens is 2. The Hall–Kier alpha value is -3.28. The fourth-order valence-corrected chi connectivity index (χ4v) is 4.32. The van der Waals surface area contributed by atoms with Gasteiger partial charge in [-0.3, -0.25) is 14.5 Å². The van der Waals surface area contributed by atoms with Crippen LogP contribution >= 0.6 is 23.2 Å². The number of fused-ring (bicyclic) bond motifs is 2. The molecule has 7 heteroatoms. The highest BCUT2D eigenvalue weighted by atomic mass is 35.5. The molecule has 0 aliphatic carbocycles. The van der Waals surface area contributed by atoms with E-state index >= 15 is 0 Å². The molecular formula is C24H15Cl2NO4. The van der Waals surface area contributed by atoms with Gasteiger partial charge in [-0.2, -0.15) is 0 Å². The molecule has 1 aliphatic rings. The SMILES string of the molecule is COc1cccc(C2c3c(oc4ccc(Cl)cc4c3=O)C(=O)N2c2cccc(Cl)c2)c1. The first-order valence-electron chi connectivity index (χ1n) is 9.47. The molecule has 1 aliphatic heterocycles. The van der Waals surface area contributed by atoms with E-state index in [1.807, 2.05) is 12.1 Å². The number of nitrogens with zero attached hydrogens (tertiary/aromatic N) is 1. The summed E-state index contributed by atoms with van der Waals surface area (Å²) >= 11 is 12.3. The van der Waals surface area contributed by atoms with Crippen LogP contribution in [-0.2, 0) is 0 Å². The molecule has 0 N–H and O–H groups in total. The number of methoxy groups -OCH3 is 1. The van der Waals surface area contributed by atoms with Gasteiger partial charge in [0, 0.05) is 15.7 Å². The highest BCUT2D eigenvalue weighted by Crippen LogP contribution is 2.42. The summed E-state index contributed by atoms with van der Waals surface area (Å²) in [6, 6.07) is 18.2. The number of ether oxygens (including phenoxy) is 1. The summed E-state index contributed by atoms with van der Waals surface area (Å²) in [5.41, 5.74) is 1.52. The van der Waals surface area contributed by atoms with E-state index in [0.29, 0.717) is 38.0 Å². The maximum absolute atomic E-state index is 13.5. The third-order valence-electron chi connectivity index (χ3n) is 5.33. The van der Waals surface area contributed by atoms with E-state index in [9.17, 15) is 9.59 Å². The molecule has 0 saturated carbocycles. The standard InChI is InChI=1S/C24H15Cl2NO4/c1-30-17-7-2-4-13(10-17)21-20-22(28)18-12-15(26)8-9-19(18)31-23(20)24(29)27(21)16-6-3-5-14(25)11-16/h2-12,21H,1H3. The Morgan fingerprint density at radius 3 is 2.48 bits per heavy atom. The summed E-state index contributed by atoms with van der Waals surface area (Å²) in [4.78, 5) is 28.6. The number of amides is 1. The molecule has 0 radical (unpaired) electrons. The van der Waals surface area contributed by atoms with Crippen molar-refractivity contribution in [2.24, 2.45) is 0 Å². The molecule has 1 aromatic heterocycles. The lowest BCUT2D eigenvalue weighted by atomic mass is 9.98. The van der Waals surface area contributed by atoms with E-state index in [0.717, 1.165) is 0 Å². The van der Waals surface area contributed by atoms with Gasteiger partial charge < -0.3 is 9.15 Å². The van der Waals surface area contributed by atoms with Crippen molar-refractivity contribution in [3.63, 3.8) is 0 Å². The number of benzene rings is 3. The summed E-state index contributed by atoms with van der Waals surface area (Å²) in [6.45, 7) is 0. The molecule has 31 heavy (non-hydrogen) atoms. The molecule has 0 saturated heterocycles. The second kappa shape index (κ2) is 7.45. The summed E-state index contributed by atoms with van der Waals surface area (Å²) in [5, 5.41) is 1.20. The van der Waals surface area contributed by atoms with Crippen LogP contribution in [0.4, 0.5) is 5.69 Å². The summed E-state index contributed by atoms with van der Waals surface area (Å²) < 4.78 is 11.3. The lowest BCUT2D eigenvalue weighted by Gasteiger charge is -2.25. The zero-order valence-corrected chi connectivity index (χ0v) is 17.8. The maximum Gasteiger partial charge on any atom is 0.295 e. The van der Waals surface area contributed by atoms with Gasteiger partial charge in [0.2, 0.25) is 5.76 Å². The van der Waals surface area contributed by atoms with Gasteiger partial charge in [-0.05, 0) is 54.1 Å². The van der Waals surface area contributed by atoms with Crippen LogP contribution in [0.5, 0.6) is 5.75 Å². The van der Waals surface area contributed by atoms with Crippen LogP contribution in [0.25, 0.3) is 11.0 Å². The van der Waals surface area contributed by atoms with Crippen molar-refractivity contribution in [1.29, 1.82) is 0 Å². The Bertz CT molecular complexity index is 1410. The quantitative estimate of drug-likeness (QED) is 0.391. The van der Waals surface area contributed by atoms with Gasteiger partial charge in [0.15, 0.2) is 5.43 Å². The summed E-state index contributed by atoms with van der Waals surface area (Å²) in [7, 11) is 1.56. The van der Waals surface area contributed by atoms with Crippen molar-refractivity contribution in [1.82, 2.24) is 0 Å². The first-order chi connectivity index (χ1) is 15.0. The van der Waals surface area contributed by atoms with Crippen molar-refractivity contribution >= 4 is 45.8 Å². The molecule has 3 aromatic carbocycles. The predicted octanol–water partition coefficient (Wildman–Crippen LogP) is 5.86. The normalized spacial score (nSPS) is 15.4. The maximum atomic E-state index is 13.5. The molecule has 4 aromatic rings. The van der Waals surface area contributed by atoms with Crippen molar-refractivity contribution in [3.05, 3.63) is 104 Å². The van der Waals surface area contributed by atoms with Gasteiger partial charge in [-0.1, -0.05) is 41.4 Å². The minimum atomic E-state index is -0.712. The first kappa shape index (κ1) is 19.7. The number of rotatable bonds is 3. The van der Waals surface area contributed by atoms with E-state index in [-0.39, 0.29) is 16.8 Å². The topological polar surface area (TPSA) is 59.8 Å². The first-order valence-corrected chi connectivity index (χ1v) is 10.2. The fourth-order valence-electron chi connectivity index (χ4n) is 3.96. The Morgan fingerprint density at radius 1 is 0.935 bits per heavy atom. The van der Waals surface area contributed by atoms with Crippen LogP contribution in [0.2, 0.25) is 10.0 Å². The predicted molar refractivity (Wildman–Crippen MR) is 121 cm³/mol. The molecular weight excluding hydrogens is 437 g/mol. The second-order valence-electron chi connectivity index (χ2n) is 7.15. The average Bonchev–Trinajstić information content (AvgIpc) is 3.07. The minimum absolute atomic E-state index is 0.00705. The molecule has 1 atom stereocenters. The summed E-state index contributed by atoms with van der Waals surface area (Å²) in [6.07, 6.45) is 0. The Labute approximate surface area is 187 Å². The van der Waals surface area contributed by atoms with Crippen molar-refractivity contribution in [2.45, 2.75) is 6.04 Å². The van der Waals surface area contributed by atoms with Gasteiger partial charge in [0.05, 0.1) is 24.1 Å². The number of carbonyl (C=O) groups excluding carboxylic acids is 1. The molecule has 154 valence electrons. The van der Waals surface area contributed by atoms with Crippen LogP contribution < -0.4 is 15.1 Å². The lowest BCUT2D eigenvalue weighted by molar-refractivity contribution is 0.0971. The van der Waals surface area contributed by atoms with Crippen LogP contribution in [0.15, 0.2) is 75.9 Å². The van der Waals surface area contributed by atoms with E-state index in [1.165, 1.54) is 4.90 Å².